The summed E-state index contributed by atoms with van der Waals surface area (Å²) in [6.45, 7) is 0. The number of hydrogen-bond acceptors (Lipinski definition) is 19. The summed E-state index contributed by atoms with van der Waals surface area (Å²) in [4.78, 5) is 34.1. The topological polar surface area (TPSA) is 237 Å². The second-order valence-corrected chi connectivity index (χ2v) is 7.25. The number of carboxylic acids is 1. The Bertz CT molecular complexity index is 920. The Hall–Kier alpha value is -2.55. The van der Waals surface area contributed by atoms with Crippen molar-refractivity contribution in [2.45, 2.75) is 24.9 Å². The highest BCUT2D eigenvalue weighted by Crippen LogP contribution is 2.19. The summed E-state index contributed by atoms with van der Waals surface area (Å²) >= 11 is 1.48. The van der Waals surface area contributed by atoms with E-state index in [9.17, 15) is 14.7 Å². The minimum Gasteiger partial charge on any atom is -0.480 e. The first kappa shape index (κ1) is 30.7. The van der Waals surface area contributed by atoms with Gasteiger partial charge in [0, 0.05) is 53.8 Å². The number of carboxylic acid groups (broad SMARTS) is 1. The maximum Gasteiger partial charge on any atom is 0.362 e. The number of aromatic amines is 1. The Morgan fingerprint density at radius 1 is 0.973 bits per heavy atom. The van der Waals surface area contributed by atoms with Crippen molar-refractivity contribution in [1.29, 1.82) is 0 Å². The summed E-state index contributed by atoms with van der Waals surface area (Å²) in [6.07, 6.45) is 3.89. The molecule has 0 spiro atoms. The van der Waals surface area contributed by atoms with Crippen molar-refractivity contribution >= 4 is 34.6 Å². The summed E-state index contributed by atoms with van der Waals surface area (Å²) in [5, 5.41) is 55.1. The fourth-order valence-corrected chi connectivity index (χ4v) is 2.87. The molecule has 208 valence electrons. The second kappa shape index (κ2) is 18.7. The lowest BCUT2D eigenvalue weighted by Gasteiger charge is -2.11. The van der Waals surface area contributed by atoms with Crippen LogP contribution in [-0.2, 0) is 86.3 Å². The number of aliphatic carboxylic acids is 1. The van der Waals surface area contributed by atoms with Gasteiger partial charge in [-0.25, -0.2) is 4.79 Å². The first-order valence-electron chi connectivity index (χ1n) is 9.68. The zero-order chi connectivity index (χ0) is 26.7. The summed E-state index contributed by atoms with van der Waals surface area (Å²) < 4.78 is 0. The average Bonchev–Trinajstić information content (AvgIpc) is 3.31. The minimum absolute atomic E-state index is 0.0367. The van der Waals surface area contributed by atoms with Crippen LogP contribution in [0.25, 0.3) is 10.9 Å². The third-order valence-electron chi connectivity index (χ3n) is 3.98. The van der Waals surface area contributed by atoms with Gasteiger partial charge in [-0.3, -0.25) is 9.68 Å². The van der Waals surface area contributed by atoms with E-state index in [1.807, 2.05) is 30.5 Å². The lowest BCUT2D eigenvalue weighted by molar-refractivity contribution is -0.875. The van der Waals surface area contributed by atoms with E-state index < -0.39 is 24.0 Å². The van der Waals surface area contributed by atoms with Crippen LogP contribution in [0, 0.1) is 0 Å². The lowest BCUT2D eigenvalue weighted by Crippen LogP contribution is -2.38. The van der Waals surface area contributed by atoms with Gasteiger partial charge in [-0.2, -0.15) is 17.2 Å². The summed E-state index contributed by atoms with van der Waals surface area (Å²) in [7, 11) is 0. The quantitative estimate of drug-likeness (QED) is 0.0867. The number of benzene rings is 1. The highest BCUT2D eigenvalue weighted by molar-refractivity contribution is 7.98. The summed E-state index contributed by atoms with van der Waals surface area (Å²) in [5.41, 5.74) is 9.11. The summed E-state index contributed by atoms with van der Waals surface area (Å²) in [6, 6.07) is 5.17. The molecule has 0 bridgehead atoms. The molecular weight excluding hydrogens is 538 g/mol. The highest BCUT2D eigenvalue weighted by Gasteiger charge is 2.20. The Morgan fingerprint density at radius 2 is 1.57 bits per heavy atom. The van der Waals surface area contributed by atoms with Gasteiger partial charge in [0.05, 0.1) is 0 Å². The Morgan fingerprint density at radius 3 is 2.19 bits per heavy atom. The molecule has 0 aliphatic heterocycles. The smallest absolute Gasteiger partial charge is 0.362 e. The van der Waals surface area contributed by atoms with Crippen LogP contribution in [0.15, 0.2) is 30.5 Å². The van der Waals surface area contributed by atoms with Gasteiger partial charge in [0.2, 0.25) is 0 Å². The molecule has 21 heteroatoms. The van der Waals surface area contributed by atoms with Crippen LogP contribution in [-0.4, -0.2) is 46.1 Å². The number of carbonyl (C=O) groups is 2. The number of nitrogens with one attached hydrogen (secondary N) is 2. The molecule has 0 unspecified atom stereocenters. The van der Waals surface area contributed by atoms with E-state index in [1.165, 1.54) is 11.8 Å². The van der Waals surface area contributed by atoms with Crippen LogP contribution < -0.4 is 11.2 Å². The minimum atomic E-state index is -1.24. The van der Waals surface area contributed by atoms with Gasteiger partial charge in [-0.1, -0.05) is 18.2 Å². The average molecular weight is 559 g/mol. The Kier molecular flexibility index (Phi) is 15.5. The van der Waals surface area contributed by atoms with Gasteiger partial charge in [-0.05, 0) is 60.3 Å². The number of hydroxylamine groups is 1. The number of para-hydroxylation sites is 1. The van der Waals surface area contributed by atoms with E-state index in [-0.39, 0.29) is 6.42 Å². The van der Waals surface area contributed by atoms with Crippen LogP contribution in [0.2, 0.25) is 0 Å². The Balaban J connectivity index is 1.40. The number of aromatic nitrogens is 1. The molecule has 2 aromatic rings. The molecule has 0 radical (unpaired) electrons. The molecule has 20 nitrogen and oxygen atoms in total. The molecule has 0 aliphatic carbocycles. The predicted molar refractivity (Wildman–Crippen MR) is 108 cm³/mol. The van der Waals surface area contributed by atoms with Crippen molar-refractivity contribution < 1.29 is 85.0 Å². The normalized spacial score (nSPS) is 13.0. The number of hydrogen-bond donors (Lipinski definition) is 4. The zero-order valence-corrected chi connectivity index (χ0v) is 19.4. The molecule has 1 heterocycles. The molecule has 0 saturated heterocycles. The van der Waals surface area contributed by atoms with Gasteiger partial charge < -0.3 is 15.8 Å². The zero-order valence-electron chi connectivity index (χ0n) is 18.6. The van der Waals surface area contributed by atoms with Crippen LogP contribution in [0.1, 0.15) is 12.0 Å². The second-order valence-electron chi connectivity index (χ2n) is 6.26. The van der Waals surface area contributed by atoms with Crippen molar-refractivity contribution in [3.8, 4) is 0 Å². The van der Waals surface area contributed by atoms with Crippen molar-refractivity contribution in [3.05, 3.63) is 36.0 Å². The van der Waals surface area contributed by atoms with Gasteiger partial charge >= 0.3 is 11.9 Å². The van der Waals surface area contributed by atoms with Crippen LogP contribution >= 0.6 is 11.8 Å². The summed E-state index contributed by atoms with van der Waals surface area (Å²) in [5.74, 6) is -1.54. The molecular formula is C16H21N3O17S. The first-order chi connectivity index (χ1) is 18.0. The lowest BCUT2D eigenvalue weighted by atomic mass is 10.1. The van der Waals surface area contributed by atoms with Crippen molar-refractivity contribution in [3.63, 3.8) is 0 Å². The number of nitrogens with two attached hydrogens (primary N) is 1. The first-order valence-corrected chi connectivity index (χ1v) is 11.1. The van der Waals surface area contributed by atoms with Crippen molar-refractivity contribution in [2.24, 2.45) is 5.73 Å². The number of carbonyl (C=O) groups excluding carboxylic acids is 1. The van der Waals surface area contributed by atoms with Gasteiger partial charge in [0.15, 0.2) is 0 Å². The third-order valence-corrected chi connectivity index (χ3v) is 4.62. The molecule has 2 rings (SSSR count). The van der Waals surface area contributed by atoms with Crippen LogP contribution in [0.3, 0.4) is 0 Å². The van der Waals surface area contributed by atoms with Crippen LogP contribution in [0.4, 0.5) is 0 Å². The SMILES string of the molecule is CSCC[C@H](N)C(=O)OOOOOOOOOOOOOON[C@@H](Cc1c[nH]c2ccccc12)C(=O)O. The molecule has 0 fully saturated rings. The van der Waals surface area contributed by atoms with E-state index in [2.05, 4.69) is 80.8 Å². The molecule has 37 heavy (non-hydrogen) atoms. The van der Waals surface area contributed by atoms with E-state index in [0.717, 1.165) is 10.9 Å². The molecule has 5 N–H and O–H groups in total. The number of thioether (sulfide) groups is 1. The van der Waals surface area contributed by atoms with E-state index in [0.29, 0.717) is 17.7 Å². The van der Waals surface area contributed by atoms with Gasteiger partial charge in [-0.15, -0.1) is 4.99 Å². The number of rotatable bonds is 22. The number of fused-ring (bicyclic) bond motifs is 1. The standard InChI is InChI=1S/C16H21N3O17S/c1-37-7-6-12(17)16(22)23-25-27-29-31-33-35-36-34-32-30-28-26-24-19-14(15(20)21)8-10-9-18-13-5-3-2-4-11(10)13/h2-5,9,12,14,18-19H,6-8,17H2,1H3,(H,20,21)/t12-,14-/m0/s1. The Labute approximate surface area is 209 Å². The molecule has 0 amide bonds. The van der Waals surface area contributed by atoms with E-state index in [1.54, 1.807) is 6.20 Å². The third kappa shape index (κ3) is 12.5. The molecule has 0 saturated carbocycles. The highest BCUT2D eigenvalue weighted by atomic mass is 32.2. The van der Waals surface area contributed by atoms with Crippen molar-refractivity contribution in [1.82, 2.24) is 10.5 Å². The predicted octanol–water partition coefficient (Wildman–Crippen LogP) is 0.403. The van der Waals surface area contributed by atoms with Crippen molar-refractivity contribution in [2.75, 3.05) is 12.0 Å². The maximum atomic E-state index is 11.4. The molecule has 1 aromatic heterocycles. The molecule has 2 atom stereocenters. The van der Waals surface area contributed by atoms with Gasteiger partial charge in [0.1, 0.15) is 12.1 Å². The number of H-pyrrole nitrogens is 1. The monoisotopic (exact) mass is 559 g/mol. The fourth-order valence-electron chi connectivity index (χ4n) is 2.38. The fraction of sp³-hybridized carbons (Fsp3) is 0.375. The maximum absolute atomic E-state index is 11.4. The molecule has 0 aliphatic rings. The largest absolute Gasteiger partial charge is 0.480 e. The van der Waals surface area contributed by atoms with E-state index >= 15 is 0 Å². The molecule has 1 aromatic carbocycles. The van der Waals surface area contributed by atoms with Gasteiger partial charge in [0.25, 0.3) is 0 Å². The van der Waals surface area contributed by atoms with E-state index in [4.69, 9.17) is 5.73 Å². The van der Waals surface area contributed by atoms with Crippen LogP contribution in [0.5, 0.6) is 0 Å².